The van der Waals surface area contributed by atoms with Crippen molar-refractivity contribution in [2.24, 2.45) is 0 Å². The van der Waals surface area contributed by atoms with Gasteiger partial charge in [0.25, 0.3) is 0 Å². The lowest BCUT2D eigenvalue weighted by molar-refractivity contribution is 0.0994. The Kier molecular flexibility index (Phi) is 6.27. The molecule has 0 amide bonds. The van der Waals surface area contributed by atoms with Crippen LogP contribution in [0.4, 0.5) is 0 Å². The molecule has 1 heterocycles. The lowest BCUT2D eigenvalue weighted by Crippen LogP contribution is -2.15. The van der Waals surface area contributed by atoms with E-state index in [9.17, 15) is 4.79 Å². The molecule has 1 aromatic heterocycles. The van der Waals surface area contributed by atoms with Crippen molar-refractivity contribution in [2.45, 2.75) is 37.2 Å². The van der Waals surface area contributed by atoms with Crippen LogP contribution in [0.2, 0.25) is 0 Å². The van der Waals surface area contributed by atoms with Crippen LogP contribution in [-0.4, -0.2) is 25.8 Å². The summed E-state index contributed by atoms with van der Waals surface area (Å²) in [6.45, 7) is 4.76. The first-order chi connectivity index (χ1) is 12.6. The summed E-state index contributed by atoms with van der Waals surface area (Å²) in [6.07, 6.45) is 0.733. The van der Waals surface area contributed by atoms with E-state index in [0.29, 0.717) is 5.56 Å². The zero-order chi connectivity index (χ0) is 18.5. The molecular formula is C20H20BrN3OS. The molecule has 0 saturated carbocycles. The highest BCUT2D eigenvalue weighted by Gasteiger charge is 2.21. The summed E-state index contributed by atoms with van der Waals surface area (Å²) < 4.78 is 3.05. The molecule has 2 aromatic carbocycles. The van der Waals surface area contributed by atoms with Crippen LogP contribution in [0.3, 0.4) is 0 Å². The van der Waals surface area contributed by atoms with E-state index in [1.54, 1.807) is 0 Å². The van der Waals surface area contributed by atoms with Crippen LogP contribution in [0.25, 0.3) is 0 Å². The van der Waals surface area contributed by atoms with Gasteiger partial charge >= 0.3 is 0 Å². The number of aromatic nitrogens is 3. The van der Waals surface area contributed by atoms with Crippen molar-refractivity contribution in [2.75, 3.05) is 0 Å². The molecule has 3 aromatic rings. The maximum Gasteiger partial charge on any atom is 0.191 e. The second-order valence-electron chi connectivity index (χ2n) is 5.94. The molecular weight excluding hydrogens is 410 g/mol. The quantitative estimate of drug-likeness (QED) is 0.390. The van der Waals surface area contributed by atoms with Gasteiger partial charge in [0.15, 0.2) is 10.9 Å². The van der Waals surface area contributed by atoms with Gasteiger partial charge in [-0.2, -0.15) is 0 Å². The Hall–Kier alpha value is -1.92. The Balaban J connectivity index is 1.75. The van der Waals surface area contributed by atoms with E-state index in [0.717, 1.165) is 28.4 Å². The maximum atomic E-state index is 12.7. The van der Waals surface area contributed by atoms with Gasteiger partial charge in [-0.05, 0) is 31.5 Å². The minimum absolute atomic E-state index is 0.0952. The summed E-state index contributed by atoms with van der Waals surface area (Å²) in [5.41, 5.74) is 1.91. The highest BCUT2D eigenvalue weighted by atomic mass is 79.9. The van der Waals surface area contributed by atoms with Gasteiger partial charge in [-0.3, -0.25) is 4.79 Å². The first-order valence-corrected chi connectivity index (χ1v) is 10.2. The number of carbonyl (C=O) groups excluding carboxylic acids is 1. The Bertz CT molecular complexity index is 878. The summed E-state index contributed by atoms with van der Waals surface area (Å²) in [7, 11) is 0. The molecule has 0 aliphatic rings. The van der Waals surface area contributed by atoms with Gasteiger partial charge in [-0.15, -0.1) is 10.2 Å². The van der Waals surface area contributed by atoms with E-state index < -0.39 is 0 Å². The fourth-order valence-corrected chi connectivity index (χ4v) is 3.97. The van der Waals surface area contributed by atoms with Gasteiger partial charge < -0.3 is 4.57 Å². The Morgan fingerprint density at radius 1 is 1.12 bits per heavy atom. The third kappa shape index (κ3) is 4.43. The highest BCUT2D eigenvalue weighted by Crippen LogP contribution is 2.26. The maximum absolute atomic E-state index is 12.7. The van der Waals surface area contributed by atoms with Crippen molar-refractivity contribution in [3.05, 3.63) is 76.0 Å². The van der Waals surface area contributed by atoms with E-state index in [1.165, 1.54) is 17.3 Å². The van der Waals surface area contributed by atoms with Crippen molar-refractivity contribution < 1.29 is 4.79 Å². The minimum Gasteiger partial charge on any atom is -0.306 e. The van der Waals surface area contributed by atoms with Gasteiger partial charge in [0.05, 0.1) is 5.25 Å². The monoisotopic (exact) mass is 429 g/mol. The molecule has 0 spiro atoms. The second-order valence-corrected chi connectivity index (χ2v) is 8.16. The number of benzene rings is 2. The topological polar surface area (TPSA) is 47.8 Å². The summed E-state index contributed by atoms with van der Waals surface area (Å²) in [5.74, 6) is 1.02. The van der Waals surface area contributed by atoms with E-state index in [-0.39, 0.29) is 11.0 Å². The molecule has 0 radical (unpaired) electrons. The van der Waals surface area contributed by atoms with Crippen LogP contribution < -0.4 is 0 Å². The molecule has 6 heteroatoms. The minimum atomic E-state index is -0.227. The highest BCUT2D eigenvalue weighted by molar-refractivity contribution is 9.10. The largest absolute Gasteiger partial charge is 0.306 e. The molecule has 0 N–H and O–H groups in total. The zero-order valence-electron chi connectivity index (χ0n) is 14.7. The van der Waals surface area contributed by atoms with Crippen LogP contribution >= 0.6 is 27.7 Å². The number of halogens is 1. The first-order valence-electron chi connectivity index (χ1n) is 8.51. The summed E-state index contributed by atoms with van der Waals surface area (Å²) in [5, 5.41) is 9.24. The molecule has 0 bridgehead atoms. The number of thioether (sulfide) groups is 1. The molecule has 0 aliphatic heterocycles. The number of hydrogen-bond donors (Lipinski definition) is 0. The number of nitrogens with zero attached hydrogens (tertiary/aromatic N) is 3. The Morgan fingerprint density at radius 3 is 2.46 bits per heavy atom. The van der Waals surface area contributed by atoms with Crippen LogP contribution in [0.1, 0.15) is 35.6 Å². The number of Topliss-reactive ketones (excluding diaryl/α,β-unsaturated/α-hetero) is 1. The van der Waals surface area contributed by atoms with Crippen LogP contribution in [-0.2, 0) is 13.0 Å². The Labute approximate surface area is 166 Å². The van der Waals surface area contributed by atoms with Crippen molar-refractivity contribution in [3.8, 4) is 0 Å². The van der Waals surface area contributed by atoms with Crippen molar-refractivity contribution in [1.82, 2.24) is 14.8 Å². The van der Waals surface area contributed by atoms with Gasteiger partial charge in [0.1, 0.15) is 5.82 Å². The normalized spacial score (nSPS) is 12.1. The van der Waals surface area contributed by atoms with Gasteiger partial charge in [0, 0.05) is 23.0 Å². The predicted molar refractivity (Wildman–Crippen MR) is 109 cm³/mol. The van der Waals surface area contributed by atoms with Crippen LogP contribution in [0.5, 0.6) is 0 Å². The van der Waals surface area contributed by atoms with E-state index in [2.05, 4.69) is 49.8 Å². The number of carbonyl (C=O) groups is 1. The van der Waals surface area contributed by atoms with E-state index >= 15 is 0 Å². The molecule has 0 aliphatic carbocycles. The number of rotatable bonds is 7. The molecule has 4 nitrogen and oxygen atoms in total. The van der Waals surface area contributed by atoms with Gasteiger partial charge in [-0.25, -0.2) is 0 Å². The third-order valence-corrected chi connectivity index (χ3v) is 5.70. The molecule has 3 rings (SSSR count). The average molecular weight is 430 g/mol. The fraction of sp³-hybridized carbons (Fsp3) is 0.250. The van der Waals surface area contributed by atoms with Crippen LogP contribution in [0.15, 0.2) is 64.2 Å². The molecule has 26 heavy (non-hydrogen) atoms. The fourth-order valence-electron chi connectivity index (χ4n) is 2.69. The summed E-state index contributed by atoms with van der Waals surface area (Å²) >= 11 is 4.86. The van der Waals surface area contributed by atoms with Crippen molar-refractivity contribution >= 4 is 33.5 Å². The molecule has 1 atom stereocenters. The van der Waals surface area contributed by atoms with Crippen molar-refractivity contribution in [3.63, 3.8) is 0 Å². The molecule has 1 unspecified atom stereocenters. The molecule has 134 valence electrons. The standard InChI is InChI=1S/C20H20BrN3OS/c1-3-24-18(13-15-7-5-4-6-8-15)22-23-20(24)26-14(2)19(25)16-9-11-17(21)12-10-16/h4-12,14H,3,13H2,1-2H3. The summed E-state index contributed by atoms with van der Waals surface area (Å²) in [6, 6.07) is 17.7. The second kappa shape index (κ2) is 8.64. The molecule has 0 saturated heterocycles. The lowest BCUT2D eigenvalue weighted by Gasteiger charge is -2.12. The van der Waals surface area contributed by atoms with Crippen molar-refractivity contribution in [1.29, 1.82) is 0 Å². The number of hydrogen-bond acceptors (Lipinski definition) is 4. The van der Waals surface area contributed by atoms with Crippen LogP contribution in [0, 0.1) is 0 Å². The Morgan fingerprint density at radius 2 is 1.81 bits per heavy atom. The third-order valence-electron chi connectivity index (χ3n) is 4.09. The SMILES string of the molecule is CCn1c(Cc2ccccc2)nnc1SC(C)C(=O)c1ccc(Br)cc1. The molecule has 0 fully saturated rings. The lowest BCUT2D eigenvalue weighted by atomic mass is 10.1. The van der Waals surface area contributed by atoms with Gasteiger partial charge in [0.2, 0.25) is 0 Å². The first kappa shape index (κ1) is 18.9. The number of ketones is 1. The summed E-state index contributed by atoms with van der Waals surface area (Å²) in [4.78, 5) is 12.7. The zero-order valence-corrected chi connectivity index (χ0v) is 17.1. The van der Waals surface area contributed by atoms with E-state index in [4.69, 9.17) is 0 Å². The predicted octanol–water partition coefficient (Wildman–Crippen LogP) is 5.01. The van der Waals surface area contributed by atoms with Gasteiger partial charge in [-0.1, -0.05) is 70.2 Å². The smallest absolute Gasteiger partial charge is 0.191 e. The van der Waals surface area contributed by atoms with E-state index in [1.807, 2.05) is 49.4 Å². The average Bonchev–Trinajstić information content (AvgIpc) is 3.03.